The second-order valence-corrected chi connectivity index (χ2v) is 5.23. The lowest BCUT2D eigenvalue weighted by Crippen LogP contribution is -2.07. The zero-order valence-electron chi connectivity index (χ0n) is 13.5. The van der Waals surface area contributed by atoms with Gasteiger partial charge in [0.25, 0.3) is 0 Å². The van der Waals surface area contributed by atoms with E-state index in [0.717, 1.165) is 28.0 Å². The number of aromatic nitrogens is 1. The highest BCUT2D eigenvalue weighted by Gasteiger charge is 2.21. The van der Waals surface area contributed by atoms with Gasteiger partial charge in [0, 0.05) is 16.8 Å². The number of ether oxygens (including phenoxy) is 2. The zero-order valence-corrected chi connectivity index (χ0v) is 13.5. The van der Waals surface area contributed by atoms with Crippen LogP contribution in [0.25, 0.3) is 16.6 Å². The number of esters is 1. The van der Waals surface area contributed by atoms with Gasteiger partial charge in [0.15, 0.2) is 0 Å². The fourth-order valence-corrected chi connectivity index (χ4v) is 2.89. The topological polar surface area (TPSA) is 40.5 Å². The van der Waals surface area contributed by atoms with E-state index in [-0.39, 0.29) is 5.97 Å². The number of carbonyl (C=O) groups excluding carboxylic acids is 1. The van der Waals surface area contributed by atoms with E-state index < -0.39 is 0 Å². The summed E-state index contributed by atoms with van der Waals surface area (Å²) >= 11 is 0. The van der Waals surface area contributed by atoms with E-state index in [9.17, 15) is 4.79 Å². The Morgan fingerprint density at radius 1 is 1.09 bits per heavy atom. The lowest BCUT2D eigenvalue weighted by atomic mass is 10.1. The first-order chi connectivity index (χ1) is 11.2. The van der Waals surface area contributed by atoms with Gasteiger partial charge in [-0.2, -0.15) is 0 Å². The van der Waals surface area contributed by atoms with Crippen molar-refractivity contribution in [1.29, 1.82) is 0 Å². The standard InChI is InChI=1S/C19H19NO3/c1-4-23-19(21)18-13(2)20(17-8-6-5-7-16(17)18)14-9-11-15(22-3)12-10-14/h5-12H,4H2,1-3H3. The SMILES string of the molecule is CCOC(=O)c1c(C)n(-c2ccc(OC)cc2)c2ccccc12. The van der Waals surface area contributed by atoms with Crippen molar-refractivity contribution in [2.24, 2.45) is 0 Å². The molecular formula is C19H19NO3. The molecule has 0 bridgehead atoms. The Morgan fingerprint density at radius 3 is 2.43 bits per heavy atom. The Hall–Kier alpha value is -2.75. The Labute approximate surface area is 135 Å². The van der Waals surface area contributed by atoms with Crippen LogP contribution in [0, 0.1) is 6.92 Å². The van der Waals surface area contributed by atoms with Crippen LogP contribution in [0.5, 0.6) is 5.75 Å². The van der Waals surface area contributed by atoms with Crippen LogP contribution in [0.4, 0.5) is 0 Å². The Bertz CT molecular complexity index is 847. The van der Waals surface area contributed by atoms with Gasteiger partial charge in [-0.05, 0) is 44.2 Å². The molecule has 0 amide bonds. The number of para-hydroxylation sites is 1. The molecule has 0 saturated carbocycles. The highest BCUT2D eigenvalue weighted by Crippen LogP contribution is 2.30. The molecule has 0 N–H and O–H groups in total. The van der Waals surface area contributed by atoms with Crippen molar-refractivity contribution in [3.8, 4) is 11.4 Å². The second-order valence-electron chi connectivity index (χ2n) is 5.23. The molecule has 23 heavy (non-hydrogen) atoms. The molecule has 0 aliphatic rings. The summed E-state index contributed by atoms with van der Waals surface area (Å²) in [6.07, 6.45) is 0. The first-order valence-electron chi connectivity index (χ1n) is 7.59. The van der Waals surface area contributed by atoms with Gasteiger partial charge in [0.2, 0.25) is 0 Å². The van der Waals surface area contributed by atoms with Crippen molar-refractivity contribution in [1.82, 2.24) is 4.57 Å². The summed E-state index contributed by atoms with van der Waals surface area (Å²) in [7, 11) is 1.64. The minimum atomic E-state index is -0.284. The van der Waals surface area contributed by atoms with Crippen molar-refractivity contribution in [3.63, 3.8) is 0 Å². The minimum absolute atomic E-state index is 0.284. The van der Waals surface area contributed by atoms with E-state index in [0.29, 0.717) is 12.2 Å². The number of hydrogen-bond donors (Lipinski definition) is 0. The van der Waals surface area contributed by atoms with E-state index in [1.54, 1.807) is 7.11 Å². The maximum Gasteiger partial charge on any atom is 0.340 e. The van der Waals surface area contributed by atoms with Gasteiger partial charge in [0.1, 0.15) is 5.75 Å². The van der Waals surface area contributed by atoms with Crippen LogP contribution < -0.4 is 4.74 Å². The average Bonchev–Trinajstić information content (AvgIpc) is 2.87. The van der Waals surface area contributed by atoms with Crippen molar-refractivity contribution < 1.29 is 14.3 Å². The highest BCUT2D eigenvalue weighted by atomic mass is 16.5. The molecule has 2 aromatic carbocycles. The average molecular weight is 309 g/mol. The number of fused-ring (bicyclic) bond motifs is 1. The smallest absolute Gasteiger partial charge is 0.340 e. The molecule has 0 spiro atoms. The van der Waals surface area contributed by atoms with Gasteiger partial charge in [-0.1, -0.05) is 18.2 Å². The predicted molar refractivity (Wildman–Crippen MR) is 90.5 cm³/mol. The highest BCUT2D eigenvalue weighted by molar-refractivity contribution is 6.06. The number of nitrogens with zero attached hydrogens (tertiary/aromatic N) is 1. The number of rotatable bonds is 4. The number of hydrogen-bond acceptors (Lipinski definition) is 3. The van der Waals surface area contributed by atoms with Gasteiger partial charge >= 0.3 is 5.97 Å². The summed E-state index contributed by atoms with van der Waals surface area (Å²) in [6.45, 7) is 4.12. The van der Waals surface area contributed by atoms with Gasteiger partial charge in [-0.3, -0.25) is 0 Å². The molecule has 4 heteroatoms. The third-order valence-electron chi connectivity index (χ3n) is 3.92. The van der Waals surface area contributed by atoms with Crippen LogP contribution in [-0.2, 0) is 4.74 Å². The number of benzene rings is 2. The molecule has 0 aliphatic heterocycles. The number of carbonyl (C=O) groups is 1. The monoisotopic (exact) mass is 309 g/mol. The van der Waals surface area contributed by atoms with E-state index in [2.05, 4.69) is 4.57 Å². The van der Waals surface area contributed by atoms with Crippen LogP contribution in [0.1, 0.15) is 23.0 Å². The molecule has 4 nitrogen and oxygen atoms in total. The predicted octanol–water partition coefficient (Wildman–Crippen LogP) is 4.12. The van der Waals surface area contributed by atoms with E-state index >= 15 is 0 Å². The molecule has 1 aromatic heterocycles. The first kappa shape index (κ1) is 15.2. The van der Waals surface area contributed by atoms with Gasteiger partial charge in [-0.25, -0.2) is 4.79 Å². The number of methoxy groups -OCH3 is 1. The Morgan fingerprint density at radius 2 is 1.78 bits per heavy atom. The summed E-state index contributed by atoms with van der Waals surface area (Å²) in [6, 6.07) is 15.6. The van der Waals surface area contributed by atoms with Gasteiger partial charge in [0.05, 0.1) is 24.8 Å². The maximum atomic E-state index is 12.4. The normalized spacial score (nSPS) is 10.7. The molecule has 0 atom stereocenters. The molecule has 0 unspecified atom stereocenters. The molecule has 3 aromatic rings. The van der Waals surface area contributed by atoms with Crippen LogP contribution in [0.15, 0.2) is 48.5 Å². The van der Waals surface area contributed by atoms with Crippen LogP contribution >= 0.6 is 0 Å². The molecule has 0 aliphatic carbocycles. The molecule has 0 fully saturated rings. The van der Waals surface area contributed by atoms with Crippen LogP contribution in [0.2, 0.25) is 0 Å². The lowest BCUT2D eigenvalue weighted by molar-refractivity contribution is 0.0527. The molecular weight excluding hydrogens is 290 g/mol. The second kappa shape index (κ2) is 6.16. The van der Waals surface area contributed by atoms with Crippen molar-refractivity contribution >= 4 is 16.9 Å². The van der Waals surface area contributed by atoms with E-state index in [1.165, 1.54) is 0 Å². The van der Waals surface area contributed by atoms with Crippen molar-refractivity contribution in [3.05, 3.63) is 59.8 Å². The molecule has 0 saturated heterocycles. The van der Waals surface area contributed by atoms with E-state index in [1.807, 2.05) is 62.4 Å². The molecule has 1 heterocycles. The lowest BCUT2D eigenvalue weighted by Gasteiger charge is -2.09. The summed E-state index contributed by atoms with van der Waals surface area (Å²) in [5, 5.41) is 0.902. The Balaban J connectivity index is 2.24. The quantitative estimate of drug-likeness (QED) is 0.681. The zero-order chi connectivity index (χ0) is 16.4. The summed E-state index contributed by atoms with van der Waals surface area (Å²) in [4.78, 5) is 12.4. The van der Waals surface area contributed by atoms with Crippen LogP contribution in [-0.4, -0.2) is 24.3 Å². The summed E-state index contributed by atoms with van der Waals surface area (Å²) in [5.74, 6) is 0.516. The van der Waals surface area contributed by atoms with Gasteiger partial charge in [-0.15, -0.1) is 0 Å². The molecule has 118 valence electrons. The third-order valence-corrected chi connectivity index (χ3v) is 3.92. The fourth-order valence-electron chi connectivity index (χ4n) is 2.89. The van der Waals surface area contributed by atoms with Crippen LogP contribution in [0.3, 0.4) is 0 Å². The van der Waals surface area contributed by atoms with Gasteiger partial charge < -0.3 is 14.0 Å². The molecule has 3 rings (SSSR count). The minimum Gasteiger partial charge on any atom is -0.497 e. The maximum absolute atomic E-state index is 12.4. The van der Waals surface area contributed by atoms with Crippen molar-refractivity contribution in [2.75, 3.05) is 13.7 Å². The largest absolute Gasteiger partial charge is 0.497 e. The fraction of sp³-hybridized carbons (Fsp3) is 0.211. The third kappa shape index (κ3) is 2.57. The first-order valence-corrected chi connectivity index (χ1v) is 7.59. The summed E-state index contributed by atoms with van der Waals surface area (Å²) in [5.41, 5.74) is 3.46. The van der Waals surface area contributed by atoms with E-state index in [4.69, 9.17) is 9.47 Å². The van der Waals surface area contributed by atoms with Crippen molar-refractivity contribution in [2.45, 2.75) is 13.8 Å². The summed E-state index contributed by atoms with van der Waals surface area (Å²) < 4.78 is 12.5. The Kier molecular flexibility index (Phi) is 4.06. The molecule has 0 radical (unpaired) electrons.